The minimum Gasteiger partial charge on any atom is -0.393 e. The fourth-order valence-corrected chi connectivity index (χ4v) is 0.403. The summed E-state index contributed by atoms with van der Waals surface area (Å²) in [6.07, 6.45) is 2.03. The second-order valence-corrected chi connectivity index (χ2v) is 2.07. The molecule has 0 rings (SSSR count). The number of rotatable bonds is 3. The van der Waals surface area contributed by atoms with Gasteiger partial charge in [0.15, 0.2) is 0 Å². The Morgan fingerprint density at radius 1 is 1.75 bits per heavy atom. The van der Waals surface area contributed by atoms with Gasteiger partial charge in [-0.15, -0.1) is 6.58 Å². The molecule has 0 saturated heterocycles. The first-order chi connectivity index (χ1) is 3.68. The lowest BCUT2D eigenvalue weighted by atomic mass is 10.1. The molecule has 1 N–H and O–H groups in total. The zero-order valence-electron chi connectivity index (χ0n) is 5.30. The first-order valence-electron chi connectivity index (χ1n) is 2.80. The molecule has 0 heterocycles. The van der Waals surface area contributed by atoms with Gasteiger partial charge in [0.1, 0.15) is 0 Å². The molecule has 0 spiro atoms. The van der Waals surface area contributed by atoms with Gasteiger partial charge in [-0.2, -0.15) is 0 Å². The van der Waals surface area contributed by atoms with Crippen molar-refractivity contribution in [1.82, 2.24) is 0 Å². The van der Waals surface area contributed by atoms with Gasteiger partial charge in [-0.25, -0.2) is 0 Å². The molecule has 0 aromatic carbocycles. The first kappa shape index (κ1) is 7.70. The minimum absolute atomic E-state index is 0.105. The van der Waals surface area contributed by atoms with E-state index in [0.29, 0.717) is 6.42 Å². The zero-order valence-corrected chi connectivity index (χ0v) is 5.30. The van der Waals surface area contributed by atoms with Gasteiger partial charge in [0.25, 0.3) is 0 Å². The lowest BCUT2D eigenvalue weighted by Crippen LogP contribution is -2.12. The van der Waals surface area contributed by atoms with Crippen LogP contribution in [0.3, 0.4) is 0 Å². The quantitative estimate of drug-likeness (QED) is 0.548. The fraction of sp³-hybridized carbons (Fsp3) is 0.571. The van der Waals surface area contributed by atoms with E-state index in [0.717, 1.165) is 0 Å². The van der Waals surface area contributed by atoms with E-state index in [-0.39, 0.29) is 12.0 Å². The summed E-state index contributed by atoms with van der Waals surface area (Å²) in [7, 11) is 0. The molecule has 0 aliphatic rings. The summed E-state index contributed by atoms with van der Waals surface area (Å²) in [5.74, 6) is 0.105. The Morgan fingerprint density at radius 3 is 2.38 bits per heavy atom. The van der Waals surface area contributed by atoms with Crippen LogP contribution in [0.1, 0.15) is 13.3 Å². The van der Waals surface area contributed by atoms with Crippen LogP contribution in [-0.4, -0.2) is 11.2 Å². The monoisotopic (exact) mass is 113 g/mol. The molecule has 2 unspecified atom stereocenters. The van der Waals surface area contributed by atoms with Gasteiger partial charge >= 0.3 is 0 Å². The van der Waals surface area contributed by atoms with Crippen molar-refractivity contribution in [2.45, 2.75) is 19.4 Å². The normalized spacial score (nSPS) is 14.0. The summed E-state index contributed by atoms with van der Waals surface area (Å²) in [5.41, 5.74) is 0. The SMILES string of the molecule is [CH2]C(C)C(O)CC=C. The highest BCUT2D eigenvalue weighted by Crippen LogP contribution is 2.03. The third-order valence-corrected chi connectivity index (χ3v) is 1.07. The number of hydrogen-bond acceptors (Lipinski definition) is 1. The molecule has 0 fully saturated rings. The van der Waals surface area contributed by atoms with E-state index in [4.69, 9.17) is 5.11 Å². The van der Waals surface area contributed by atoms with Crippen molar-refractivity contribution in [2.75, 3.05) is 0 Å². The van der Waals surface area contributed by atoms with Crippen LogP contribution in [0, 0.1) is 12.8 Å². The Morgan fingerprint density at radius 2 is 2.25 bits per heavy atom. The predicted octanol–water partition coefficient (Wildman–Crippen LogP) is 1.39. The van der Waals surface area contributed by atoms with Gasteiger partial charge in [0.2, 0.25) is 0 Å². The van der Waals surface area contributed by atoms with Crippen molar-refractivity contribution in [2.24, 2.45) is 5.92 Å². The highest BCUT2D eigenvalue weighted by atomic mass is 16.3. The molecular weight excluding hydrogens is 100 g/mol. The third kappa shape index (κ3) is 2.80. The lowest BCUT2D eigenvalue weighted by Gasteiger charge is -2.09. The molecule has 0 aromatic rings. The van der Waals surface area contributed by atoms with Gasteiger partial charge in [-0.3, -0.25) is 0 Å². The van der Waals surface area contributed by atoms with Crippen LogP contribution >= 0.6 is 0 Å². The summed E-state index contributed by atoms with van der Waals surface area (Å²) in [5, 5.41) is 8.99. The maximum absolute atomic E-state index is 8.99. The fourth-order valence-electron chi connectivity index (χ4n) is 0.403. The Hall–Kier alpha value is -0.300. The van der Waals surface area contributed by atoms with E-state index in [9.17, 15) is 0 Å². The predicted molar refractivity (Wildman–Crippen MR) is 35.3 cm³/mol. The van der Waals surface area contributed by atoms with Crippen molar-refractivity contribution in [3.05, 3.63) is 19.6 Å². The number of hydrogen-bond donors (Lipinski definition) is 1. The summed E-state index contributed by atoms with van der Waals surface area (Å²) < 4.78 is 0. The average molecular weight is 113 g/mol. The summed E-state index contributed by atoms with van der Waals surface area (Å²) in [6, 6.07) is 0. The van der Waals surface area contributed by atoms with E-state index in [1.54, 1.807) is 6.08 Å². The maximum Gasteiger partial charge on any atom is 0.0600 e. The average Bonchev–Trinajstić information content (AvgIpc) is 1.67. The van der Waals surface area contributed by atoms with E-state index in [1.165, 1.54) is 0 Å². The van der Waals surface area contributed by atoms with Crippen molar-refractivity contribution in [3.63, 3.8) is 0 Å². The van der Waals surface area contributed by atoms with E-state index < -0.39 is 0 Å². The van der Waals surface area contributed by atoms with Crippen molar-refractivity contribution in [3.8, 4) is 0 Å². The maximum atomic E-state index is 8.99. The van der Waals surface area contributed by atoms with Crippen molar-refractivity contribution >= 4 is 0 Å². The first-order valence-corrected chi connectivity index (χ1v) is 2.80. The van der Waals surface area contributed by atoms with Gasteiger partial charge in [0.05, 0.1) is 6.10 Å². The molecule has 0 aliphatic carbocycles. The number of aliphatic hydroxyl groups excluding tert-OH is 1. The van der Waals surface area contributed by atoms with Crippen LogP contribution in [0.4, 0.5) is 0 Å². The molecule has 0 aromatic heterocycles. The summed E-state index contributed by atoms with van der Waals surface area (Å²) in [6.45, 7) is 9.04. The van der Waals surface area contributed by atoms with Crippen LogP contribution in [0.2, 0.25) is 0 Å². The van der Waals surface area contributed by atoms with Crippen molar-refractivity contribution < 1.29 is 5.11 Å². The van der Waals surface area contributed by atoms with E-state index >= 15 is 0 Å². The smallest absolute Gasteiger partial charge is 0.0600 e. The Kier molecular flexibility index (Phi) is 3.53. The van der Waals surface area contributed by atoms with Crippen LogP contribution < -0.4 is 0 Å². The minimum atomic E-state index is -0.313. The molecule has 8 heavy (non-hydrogen) atoms. The second-order valence-electron chi connectivity index (χ2n) is 2.07. The second kappa shape index (κ2) is 3.67. The molecular formula is C7H13O. The van der Waals surface area contributed by atoms with Crippen LogP contribution in [0.15, 0.2) is 12.7 Å². The van der Waals surface area contributed by atoms with Crippen LogP contribution in [0.5, 0.6) is 0 Å². The van der Waals surface area contributed by atoms with Crippen molar-refractivity contribution in [1.29, 1.82) is 0 Å². The highest BCUT2D eigenvalue weighted by molar-refractivity contribution is 4.76. The largest absolute Gasteiger partial charge is 0.393 e. The molecule has 0 aliphatic heterocycles. The molecule has 0 bridgehead atoms. The van der Waals surface area contributed by atoms with Gasteiger partial charge in [-0.05, 0) is 19.3 Å². The Labute approximate surface area is 51.0 Å². The van der Waals surface area contributed by atoms with E-state index in [1.807, 2.05) is 6.92 Å². The third-order valence-electron chi connectivity index (χ3n) is 1.07. The molecule has 2 atom stereocenters. The van der Waals surface area contributed by atoms with Gasteiger partial charge < -0.3 is 5.11 Å². The van der Waals surface area contributed by atoms with Gasteiger partial charge in [0, 0.05) is 0 Å². The molecule has 0 saturated carbocycles. The Bertz CT molecular complexity index is 66.8. The molecule has 1 nitrogen and oxygen atoms in total. The molecule has 1 heteroatoms. The zero-order chi connectivity index (χ0) is 6.57. The highest BCUT2D eigenvalue weighted by Gasteiger charge is 2.04. The topological polar surface area (TPSA) is 20.2 Å². The summed E-state index contributed by atoms with van der Waals surface area (Å²) >= 11 is 0. The lowest BCUT2D eigenvalue weighted by molar-refractivity contribution is 0.140. The molecule has 1 radical (unpaired) electrons. The summed E-state index contributed by atoms with van der Waals surface area (Å²) in [4.78, 5) is 0. The molecule has 47 valence electrons. The van der Waals surface area contributed by atoms with Crippen LogP contribution in [-0.2, 0) is 0 Å². The standard InChI is InChI=1S/C7H13O/c1-4-5-7(8)6(2)3/h4,6-8H,1-2,5H2,3H3. The Balaban J connectivity index is 3.30. The van der Waals surface area contributed by atoms with E-state index in [2.05, 4.69) is 13.5 Å². The van der Waals surface area contributed by atoms with Gasteiger partial charge in [-0.1, -0.05) is 13.0 Å². The molecule has 0 amide bonds. The van der Waals surface area contributed by atoms with Crippen LogP contribution in [0.25, 0.3) is 0 Å². The number of aliphatic hydroxyl groups is 1.